The smallest absolute Gasteiger partial charge is 0.0686 e. The first-order valence-corrected chi connectivity index (χ1v) is 8.95. The minimum atomic E-state index is 0.228. The Morgan fingerprint density at radius 1 is 1.35 bits per heavy atom. The van der Waals surface area contributed by atoms with E-state index in [-0.39, 0.29) is 5.60 Å². The number of rotatable bonds is 4. The Bertz CT molecular complexity index is 458. The molecular weight excluding hydrogens is 266 g/mol. The van der Waals surface area contributed by atoms with E-state index in [1.54, 1.807) is 0 Å². The molecule has 110 valence electrons. The van der Waals surface area contributed by atoms with E-state index in [1.807, 2.05) is 11.8 Å². The van der Waals surface area contributed by atoms with Crippen LogP contribution in [0.5, 0.6) is 0 Å². The van der Waals surface area contributed by atoms with Gasteiger partial charge in [-0.15, -0.1) is 11.8 Å². The Labute approximate surface area is 126 Å². The van der Waals surface area contributed by atoms with Crippen LogP contribution in [-0.2, 0) is 4.74 Å². The summed E-state index contributed by atoms with van der Waals surface area (Å²) in [4.78, 5) is 1.40. The van der Waals surface area contributed by atoms with E-state index in [0.29, 0.717) is 12.0 Å². The zero-order valence-electron chi connectivity index (χ0n) is 12.5. The van der Waals surface area contributed by atoms with Gasteiger partial charge in [0, 0.05) is 17.5 Å². The van der Waals surface area contributed by atoms with Crippen molar-refractivity contribution in [1.29, 1.82) is 0 Å². The third kappa shape index (κ3) is 2.63. The maximum absolute atomic E-state index is 6.09. The highest BCUT2D eigenvalue weighted by molar-refractivity contribution is 7.98. The van der Waals surface area contributed by atoms with Gasteiger partial charge in [-0.1, -0.05) is 18.2 Å². The third-order valence-corrected chi connectivity index (χ3v) is 5.86. The van der Waals surface area contributed by atoms with E-state index in [4.69, 9.17) is 4.74 Å². The Balaban J connectivity index is 1.82. The van der Waals surface area contributed by atoms with Crippen LogP contribution in [0.4, 0.5) is 0 Å². The largest absolute Gasteiger partial charge is 0.375 e. The second kappa shape index (κ2) is 6.08. The first-order valence-electron chi connectivity index (χ1n) is 7.72. The fourth-order valence-electron chi connectivity index (χ4n) is 3.84. The molecule has 2 atom stereocenters. The van der Waals surface area contributed by atoms with Crippen LogP contribution < -0.4 is 5.32 Å². The quantitative estimate of drug-likeness (QED) is 0.847. The van der Waals surface area contributed by atoms with Crippen LogP contribution in [0.15, 0.2) is 29.2 Å². The molecule has 1 heterocycles. The molecule has 2 fully saturated rings. The lowest BCUT2D eigenvalue weighted by atomic mass is 9.69. The maximum Gasteiger partial charge on any atom is 0.0686 e. The number of hydrogen-bond acceptors (Lipinski definition) is 3. The lowest BCUT2D eigenvalue weighted by Crippen LogP contribution is -2.47. The number of hydrogen-bond donors (Lipinski definition) is 1. The summed E-state index contributed by atoms with van der Waals surface area (Å²) in [5.74, 6) is 0.697. The fourth-order valence-corrected chi connectivity index (χ4v) is 4.48. The molecule has 0 amide bonds. The minimum Gasteiger partial charge on any atom is -0.375 e. The average molecular weight is 291 g/mol. The van der Waals surface area contributed by atoms with E-state index < -0.39 is 0 Å². The van der Waals surface area contributed by atoms with Crippen LogP contribution >= 0.6 is 11.8 Å². The lowest BCUT2D eigenvalue weighted by molar-refractivity contribution is -0.147. The summed E-state index contributed by atoms with van der Waals surface area (Å²) in [6.07, 6.45) is 8.45. The van der Waals surface area contributed by atoms with Crippen LogP contribution in [0.1, 0.15) is 43.7 Å². The van der Waals surface area contributed by atoms with Gasteiger partial charge in [-0.3, -0.25) is 0 Å². The van der Waals surface area contributed by atoms with Gasteiger partial charge in [-0.05, 0) is 63.0 Å². The predicted octanol–water partition coefficient (Wildman–Crippen LogP) is 4.02. The van der Waals surface area contributed by atoms with Gasteiger partial charge in [-0.2, -0.15) is 0 Å². The molecule has 1 aromatic carbocycles. The summed E-state index contributed by atoms with van der Waals surface area (Å²) in [5, 5.41) is 3.58. The average Bonchev–Trinajstić information content (AvgIpc) is 2.47. The molecule has 1 saturated carbocycles. The van der Waals surface area contributed by atoms with Gasteiger partial charge in [0.25, 0.3) is 0 Å². The van der Waals surface area contributed by atoms with Crippen LogP contribution in [0.25, 0.3) is 0 Å². The number of benzene rings is 1. The molecule has 3 rings (SSSR count). The molecule has 2 unspecified atom stereocenters. The van der Waals surface area contributed by atoms with Crippen LogP contribution in [0, 0.1) is 5.92 Å². The molecule has 0 bridgehead atoms. The Morgan fingerprint density at radius 3 is 2.80 bits per heavy atom. The van der Waals surface area contributed by atoms with Crippen molar-refractivity contribution in [1.82, 2.24) is 5.32 Å². The molecule has 3 heteroatoms. The van der Waals surface area contributed by atoms with Gasteiger partial charge in [0.1, 0.15) is 0 Å². The molecule has 2 aliphatic rings. The van der Waals surface area contributed by atoms with E-state index in [2.05, 4.69) is 42.9 Å². The minimum absolute atomic E-state index is 0.228. The van der Waals surface area contributed by atoms with Gasteiger partial charge in [0.2, 0.25) is 0 Å². The normalized spacial score (nSPS) is 26.2. The summed E-state index contributed by atoms with van der Waals surface area (Å²) < 4.78 is 6.09. The van der Waals surface area contributed by atoms with Crippen LogP contribution in [-0.4, -0.2) is 25.5 Å². The Morgan fingerprint density at radius 2 is 2.15 bits per heavy atom. The zero-order chi connectivity index (χ0) is 14.0. The summed E-state index contributed by atoms with van der Waals surface area (Å²) in [7, 11) is 2.10. The standard InChI is InChI=1S/C17H25NOS/c1-18-16(14-6-3-4-7-15(14)20-2)13-8-11-19-17(12-13)9-5-10-17/h3-4,6-7,13,16,18H,5,8-12H2,1-2H3. The highest BCUT2D eigenvalue weighted by Crippen LogP contribution is 2.47. The predicted molar refractivity (Wildman–Crippen MR) is 85.3 cm³/mol. The molecule has 1 N–H and O–H groups in total. The second-order valence-electron chi connectivity index (χ2n) is 6.15. The van der Waals surface area contributed by atoms with E-state index in [0.717, 1.165) is 6.61 Å². The molecule has 1 aliphatic carbocycles. The van der Waals surface area contributed by atoms with Crippen molar-refractivity contribution in [3.05, 3.63) is 29.8 Å². The fraction of sp³-hybridized carbons (Fsp3) is 0.647. The topological polar surface area (TPSA) is 21.3 Å². The lowest BCUT2D eigenvalue weighted by Gasteiger charge is -2.49. The number of ether oxygens (including phenoxy) is 1. The SMILES string of the molecule is CNC(c1ccccc1SC)C1CCOC2(CCC2)C1. The van der Waals surface area contributed by atoms with Crippen LogP contribution in [0.3, 0.4) is 0 Å². The van der Waals surface area contributed by atoms with E-state index in [9.17, 15) is 0 Å². The monoisotopic (exact) mass is 291 g/mol. The highest BCUT2D eigenvalue weighted by atomic mass is 32.2. The second-order valence-corrected chi connectivity index (χ2v) is 6.99. The van der Waals surface area contributed by atoms with Gasteiger partial charge >= 0.3 is 0 Å². The highest BCUT2D eigenvalue weighted by Gasteiger charge is 2.44. The van der Waals surface area contributed by atoms with Crippen LogP contribution in [0.2, 0.25) is 0 Å². The maximum atomic E-state index is 6.09. The molecule has 0 aromatic heterocycles. The molecule has 1 aromatic rings. The summed E-state index contributed by atoms with van der Waals surface area (Å²) in [6.45, 7) is 0.935. The molecule has 0 radical (unpaired) electrons. The molecule has 1 spiro atoms. The van der Waals surface area contributed by atoms with Crippen molar-refractivity contribution in [2.24, 2.45) is 5.92 Å². The number of nitrogens with one attached hydrogen (secondary N) is 1. The van der Waals surface area contributed by atoms with Gasteiger partial charge in [0.05, 0.1) is 5.60 Å². The summed E-state index contributed by atoms with van der Waals surface area (Å²) in [5.41, 5.74) is 1.69. The van der Waals surface area contributed by atoms with Crippen molar-refractivity contribution in [2.45, 2.75) is 48.6 Å². The molecule has 20 heavy (non-hydrogen) atoms. The summed E-state index contributed by atoms with van der Waals surface area (Å²) in [6, 6.07) is 9.29. The molecular formula is C17H25NOS. The van der Waals surface area contributed by atoms with Gasteiger partial charge in [-0.25, -0.2) is 0 Å². The van der Waals surface area contributed by atoms with Crippen molar-refractivity contribution in [3.63, 3.8) is 0 Å². The van der Waals surface area contributed by atoms with E-state index in [1.165, 1.54) is 42.6 Å². The summed E-state index contributed by atoms with van der Waals surface area (Å²) >= 11 is 1.85. The van der Waals surface area contributed by atoms with Crippen molar-refractivity contribution in [2.75, 3.05) is 19.9 Å². The Hall–Kier alpha value is -0.510. The van der Waals surface area contributed by atoms with Crippen molar-refractivity contribution < 1.29 is 4.74 Å². The third-order valence-electron chi connectivity index (χ3n) is 5.05. The first kappa shape index (κ1) is 14.4. The zero-order valence-corrected chi connectivity index (χ0v) is 13.3. The molecule has 2 nitrogen and oxygen atoms in total. The number of thioether (sulfide) groups is 1. The van der Waals surface area contributed by atoms with Crippen molar-refractivity contribution >= 4 is 11.8 Å². The first-order chi connectivity index (χ1) is 9.78. The van der Waals surface area contributed by atoms with E-state index >= 15 is 0 Å². The Kier molecular flexibility index (Phi) is 4.39. The molecule has 1 aliphatic heterocycles. The molecule has 1 saturated heterocycles. The van der Waals surface area contributed by atoms with Gasteiger partial charge < -0.3 is 10.1 Å². The van der Waals surface area contributed by atoms with Gasteiger partial charge in [0.15, 0.2) is 0 Å². The van der Waals surface area contributed by atoms with Crippen molar-refractivity contribution in [3.8, 4) is 0 Å².